The van der Waals surface area contributed by atoms with Crippen molar-refractivity contribution in [3.8, 4) is 16.6 Å². The molecular formula is C11H7BrN2S. The molecule has 2 heterocycles. The second kappa shape index (κ2) is 4.13. The van der Waals surface area contributed by atoms with Crippen LogP contribution < -0.4 is 0 Å². The van der Waals surface area contributed by atoms with E-state index in [1.54, 1.807) is 6.20 Å². The normalized spacial score (nSPS) is 9.93. The van der Waals surface area contributed by atoms with Crippen molar-refractivity contribution < 1.29 is 0 Å². The molecule has 2 nitrogen and oxygen atoms in total. The Hall–Kier alpha value is -1.18. The van der Waals surface area contributed by atoms with Gasteiger partial charge in [0.15, 0.2) is 0 Å². The van der Waals surface area contributed by atoms with Gasteiger partial charge in [0.25, 0.3) is 0 Å². The molecule has 2 aromatic heterocycles. The Bertz CT molecular complexity index is 540. The van der Waals surface area contributed by atoms with Gasteiger partial charge in [-0.2, -0.15) is 5.26 Å². The Kier molecular flexibility index (Phi) is 2.85. The van der Waals surface area contributed by atoms with E-state index < -0.39 is 0 Å². The van der Waals surface area contributed by atoms with Crippen LogP contribution in [-0.4, -0.2) is 4.98 Å². The first kappa shape index (κ1) is 10.3. The van der Waals surface area contributed by atoms with E-state index in [-0.39, 0.29) is 0 Å². The van der Waals surface area contributed by atoms with E-state index in [1.807, 2.05) is 25.1 Å². The minimum absolute atomic E-state index is 0.715. The van der Waals surface area contributed by atoms with Crippen LogP contribution >= 0.6 is 27.3 Å². The van der Waals surface area contributed by atoms with Crippen molar-refractivity contribution in [3.05, 3.63) is 39.3 Å². The average Bonchev–Trinajstić information content (AvgIpc) is 2.70. The van der Waals surface area contributed by atoms with E-state index in [9.17, 15) is 0 Å². The summed E-state index contributed by atoms with van der Waals surface area (Å²) in [6, 6.07) is 7.88. The molecule has 0 saturated carbocycles. The Balaban J connectivity index is 2.46. The van der Waals surface area contributed by atoms with E-state index in [4.69, 9.17) is 5.26 Å². The van der Waals surface area contributed by atoms with Crippen molar-refractivity contribution in [3.63, 3.8) is 0 Å². The molecule has 0 atom stereocenters. The van der Waals surface area contributed by atoms with Crippen molar-refractivity contribution in [1.29, 1.82) is 5.26 Å². The predicted octanol–water partition coefficient (Wildman–Crippen LogP) is 3.75. The standard InChI is InChI=1S/C11H7BrN2S/c1-7-4-10(14-6-9(7)12)11-3-2-8(5-13)15-11/h2-4,6H,1H3. The van der Waals surface area contributed by atoms with Gasteiger partial charge < -0.3 is 0 Å². The lowest BCUT2D eigenvalue weighted by Gasteiger charge is -2.00. The van der Waals surface area contributed by atoms with Crippen LogP contribution in [0.15, 0.2) is 28.9 Å². The van der Waals surface area contributed by atoms with Crippen molar-refractivity contribution in [2.45, 2.75) is 6.92 Å². The fourth-order valence-corrected chi connectivity index (χ4v) is 2.20. The molecule has 0 spiro atoms. The highest BCUT2D eigenvalue weighted by Gasteiger charge is 2.05. The maximum Gasteiger partial charge on any atom is 0.110 e. The minimum Gasteiger partial charge on any atom is -0.254 e. The second-order valence-corrected chi connectivity index (χ2v) is 5.03. The number of pyridine rings is 1. The zero-order chi connectivity index (χ0) is 10.8. The van der Waals surface area contributed by atoms with Crippen molar-refractivity contribution in [1.82, 2.24) is 4.98 Å². The first-order valence-corrected chi connectivity index (χ1v) is 5.94. The number of aryl methyl sites for hydroxylation is 1. The number of nitrogens with zero attached hydrogens (tertiary/aromatic N) is 2. The molecule has 4 heteroatoms. The Morgan fingerprint density at radius 3 is 2.87 bits per heavy atom. The van der Waals surface area contributed by atoms with Crippen LogP contribution in [0.3, 0.4) is 0 Å². The maximum absolute atomic E-state index is 8.73. The summed E-state index contributed by atoms with van der Waals surface area (Å²) in [5, 5.41) is 8.73. The third-order valence-corrected chi connectivity index (χ3v) is 3.86. The molecule has 0 aliphatic carbocycles. The summed E-state index contributed by atoms with van der Waals surface area (Å²) in [5.74, 6) is 0. The van der Waals surface area contributed by atoms with E-state index in [0.717, 1.165) is 20.6 Å². The average molecular weight is 279 g/mol. The minimum atomic E-state index is 0.715. The molecule has 0 aliphatic rings. The number of thiophene rings is 1. The fourth-order valence-electron chi connectivity index (χ4n) is 1.21. The van der Waals surface area contributed by atoms with Crippen LogP contribution in [0, 0.1) is 18.3 Å². The van der Waals surface area contributed by atoms with Gasteiger partial charge in [0.1, 0.15) is 10.9 Å². The van der Waals surface area contributed by atoms with Crippen molar-refractivity contribution >= 4 is 27.3 Å². The van der Waals surface area contributed by atoms with Gasteiger partial charge in [-0.3, -0.25) is 4.98 Å². The van der Waals surface area contributed by atoms with Gasteiger partial charge in [0.2, 0.25) is 0 Å². The number of hydrogen-bond acceptors (Lipinski definition) is 3. The quantitative estimate of drug-likeness (QED) is 0.797. The summed E-state index contributed by atoms with van der Waals surface area (Å²) < 4.78 is 1.00. The smallest absolute Gasteiger partial charge is 0.110 e. The largest absolute Gasteiger partial charge is 0.254 e. The van der Waals surface area contributed by atoms with Gasteiger partial charge in [0.05, 0.1) is 10.6 Å². The third kappa shape index (κ3) is 2.09. The van der Waals surface area contributed by atoms with Crippen LogP contribution in [-0.2, 0) is 0 Å². The van der Waals surface area contributed by atoms with Crippen molar-refractivity contribution in [2.75, 3.05) is 0 Å². The number of halogens is 1. The van der Waals surface area contributed by atoms with E-state index in [0.29, 0.717) is 4.88 Å². The van der Waals surface area contributed by atoms with E-state index in [1.165, 1.54) is 11.3 Å². The second-order valence-electron chi connectivity index (χ2n) is 3.09. The van der Waals surface area contributed by atoms with Gasteiger partial charge in [-0.1, -0.05) is 0 Å². The Morgan fingerprint density at radius 1 is 1.47 bits per heavy atom. The Morgan fingerprint density at radius 2 is 2.27 bits per heavy atom. The molecule has 0 amide bonds. The summed E-state index contributed by atoms with van der Waals surface area (Å²) in [4.78, 5) is 6.06. The molecule has 0 radical (unpaired) electrons. The van der Waals surface area contributed by atoms with Gasteiger partial charge in [-0.15, -0.1) is 11.3 Å². The molecule has 74 valence electrons. The lowest BCUT2D eigenvalue weighted by molar-refractivity contribution is 1.27. The monoisotopic (exact) mass is 278 g/mol. The van der Waals surface area contributed by atoms with Crippen molar-refractivity contribution in [2.24, 2.45) is 0 Å². The first-order valence-electron chi connectivity index (χ1n) is 4.33. The number of hydrogen-bond donors (Lipinski definition) is 0. The van der Waals surface area contributed by atoms with Crippen LogP contribution in [0.4, 0.5) is 0 Å². The molecule has 0 bridgehead atoms. The molecule has 15 heavy (non-hydrogen) atoms. The number of nitriles is 1. The zero-order valence-corrected chi connectivity index (χ0v) is 10.4. The molecule has 2 aromatic rings. The molecular weight excluding hydrogens is 272 g/mol. The Labute approximate surface area is 100 Å². The lowest BCUT2D eigenvalue weighted by Crippen LogP contribution is -1.83. The van der Waals surface area contributed by atoms with Gasteiger partial charge in [-0.05, 0) is 46.6 Å². The molecule has 0 N–H and O–H groups in total. The molecule has 0 unspecified atom stereocenters. The molecule has 0 aliphatic heterocycles. The maximum atomic E-state index is 8.73. The van der Waals surface area contributed by atoms with Crippen LogP contribution in [0.2, 0.25) is 0 Å². The van der Waals surface area contributed by atoms with Crippen LogP contribution in [0.5, 0.6) is 0 Å². The van der Waals surface area contributed by atoms with Gasteiger partial charge >= 0.3 is 0 Å². The topological polar surface area (TPSA) is 36.7 Å². The van der Waals surface area contributed by atoms with Crippen LogP contribution in [0.1, 0.15) is 10.4 Å². The molecule has 0 saturated heterocycles. The lowest BCUT2D eigenvalue weighted by atomic mass is 10.2. The highest BCUT2D eigenvalue weighted by Crippen LogP contribution is 2.28. The summed E-state index contributed by atoms with van der Waals surface area (Å²) >= 11 is 4.87. The SMILES string of the molecule is Cc1cc(-c2ccc(C#N)s2)ncc1Br. The third-order valence-electron chi connectivity index (χ3n) is 2.02. The zero-order valence-electron chi connectivity index (χ0n) is 7.99. The first-order chi connectivity index (χ1) is 7.20. The summed E-state index contributed by atoms with van der Waals surface area (Å²) in [6.45, 7) is 2.02. The van der Waals surface area contributed by atoms with Gasteiger partial charge in [0, 0.05) is 10.7 Å². The summed E-state index contributed by atoms with van der Waals surface area (Å²) in [6.07, 6.45) is 1.79. The van der Waals surface area contributed by atoms with Gasteiger partial charge in [-0.25, -0.2) is 0 Å². The predicted molar refractivity (Wildman–Crippen MR) is 64.7 cm³/mol. The summed E-state index contributed by atoms with van der Waals surface area (Å²) in [5.41, 5.74) is 2.06. The summed E-state index contributed by atoms with van der Waals surface area (Å²) in [7, 11) is 0. The van der Waals surface area contributed by atoms with E-state index in [2.05, 4.69) is 27.0 Å². The fraction of sp³-hybridized carbons (Fsp3) is 0.0909. The van der Waals surface area contributed by atoms with E-state index >= 15 is 0 Å². The highest BCUT2D eigenvalue weighted by atomic mass is 79.9. The van der Waals surface area contributed by atoms with Crippen LogP contribution in [0.25, 0.3) is 10.6 Å². The highest BCUT2D eigenvalue weighted by molar-refractivity contribution is 9.10. The molecule has 2 rings (SSSR count). The molecule has 0 fully saturated rings. The molecule has 0 aromatic carbocycles. The number of rotatable bonds is 1. The number of aromatic nitrogens is 1.